The number of rotatable bonds is 3. The first-order valence-electron chi connectivity index (χ1n) is 8.63. The number of piperidine rings is 1. The van der Waals surface area contributed by atoms with Crippen molar-refractivity contribution in [2.75, 3.05) is 32.8 Å². The molecular weight excluding hydrogens is 343 g/mol. The molecule has 0 N–H and O–H groups in total. The lowest BCUT2D eigenvalue weighted by atomic mass is 10.00. The van der Waals surface area contributed by atoms with Crippen LogP contribution in [0.2, 0.25) is 5.02 Å². The molecule has 134 valence electrons. The van der Waals surface area contributed by atoms with Crippen LogP contribution in [0.5, 0.6) is 0 Å². The van der Waals surface area contributed by atoms with E-state index in [2.05, 4.69) is 10.8 Å². The van der Waals surface area contributed by atoms with Crippen molar-refractivity contribution in [2.24, 2.45) is 0 Å². The summed E-state index contributed by atoms with van der Waals surface area (Å²) in [5.74, 6) is 2.30. The van der Waals surface area contributed by atoms with Crippen LogP contribution in [0.3, 0.4) is 0 Å². The number of halogens is 2. The van der Waals surface area contributed by atoms with Gasteiger partial charge in [-0.2, -0.15) is 0 Å². The van der Waals surface area contributed by atoms with Crippen molar-refractivity contribution in [2.45, 2.75) is 31.4 Å². The normalized spacial score (nSPS) is 24.8. The van der Waals surface area contributed by atoms with E-state index in [0.717, 1.165) is 31.4 Å². The van der Waals surface area contributed by atoms with E-state index in [1.54, 1.807) is 12.1 Å². The van der Waals surface area contributed by atoms with Gasteiger partial charge in [-0.05, 0) is 37.1 Å². The number of hydrogen-bond acceptors (Lipinski definition) is 3. The molecule has 0 spiro atoms. The number of carbonyl (C=O) groups excluding carboxylic acids is 1. The molecule has 2 aliphatic rings. The van der Waals surface area contributed by atoms with Crippen molar-refractivity contribution in [3.05, 3.63) is 34.6 Å². The van der Waals surface area contributed by atoms with Crippen LogP contribution in [0.15, 0.2) is 18.2 Å². The topological polar surface area (TPSA) is 32.8 Å². The Morgan fingerprint density at radius 2 is 2.24 bits per heavy atom. The molecule has 2 saturated heterocycles. The summed E-state index contributed by atoms with van der Waals surface area (Å²) in [5, 5.41) is 0.0667. The minimum atomic E-state index is -0.457. The smallest absolute Gasteiger partial charge is 0.240 e. The van der Waals surface area contributed by atoms with Gasteiger partial charge < -0.3 is 9.64 Å². The van der Waals surface area contributed by atoms with Crippen molar-refractivity contribution in [3.8, 4) is 12.3 Å². The van der Waals surface area contributed by atoms with Crippen LogP contribution in [0, 0.1) is 18.2 Å². The second kappa shape index (κ2) is 8.18. The lowest BCUT2D eigenvalue weighted by Crippen LogP contribution is -2.53. The molecule has 0 unspecified atom stereocenters. The van der Waals surface area contributed by atoms with Crippen LogP contribution in [-0.2, 0) is 9.53 Å². The number of likely N-dealkylation sites (tertiary alicyclic amines) is 1. The quantitative estimate of drug-likeness (QED) is 0.773. The van der Waals surface area contributed by atoms with Crippen LogP contribution < -0.4 is 0 Å². The Kier molecular flexibility index (Phi) is 5.95. The van der Waals surface area contributed by atoms with Gasteiger partial charge in [0.25, 0.3) is 0 Å². The summed E-state index contributed by atoms with van der Waals surface area (Å²) in [6, 6.07) is 4.41. The molecule has 1 aromatic rings. The summed E-state index contributed by atoms with van der Waals surface area (Å²) < 4.78 is 19.2. The molecule has 0 aromatic heterocycles. The zero-order valence-corrected chi connectivity index (χ0v) is 14.8. The van der Waals surface area contributed by atoms with Gasteiger partial charge in [0.15, 0.2) is 0 Å². The summed E-state index contributed by atoms with van der Waals surface area (Å²) in [7, 11) is 0. The van der Waals surface area contributed by atoms with Gasteiger partial charge in [-0.25, -0.2) is 4.39 Å². The zero-order chi connectivity index (χ0) is 17.8. The third-order valence-corrected chi connectivity index (χ3v) is 5.18. The first-order chi connectivity index (χ1) is 12.1. The van der Waals surface area contributed by atoms with Crippen LogP contribution in [-0.4, -0.2) is 54.5 Å². The highest BCUT2D eigenvalue weighted by atomic mass is 35.5. The lowest BCUT2D eigenvalue weighted by Gasteiger charge is -2.39. The van der Waals surface area contributed by atoms with E-state index in [1.807, 2.05) is 4.90 Å². The monoisotopic (exact) mass is 364 g/mol. The number of benzene rings is 1. The summed E-state index contributed by atoms with van der Waals surface area (Å²) in [4.78, 5) is 16.9. The average Bonchev–Trinajstić information content (AvgIpc) is 2.64. The fourth-order valence-electron chi connectivity index (χ4n) is 3.55. The molecule has 2 atom stereocenters. The van der Waals surface area contributed by atoms with E-state index in [4.69, 9.17) is 22.8 Å². The summed E-state index contributed by atoms with van der Waals surface area (Å²) in [5.41, 5.74) is 0.785. The van der Waals surface area contributed by atoms with Crippen molar-refractivity contribution < 1.29 is 13.9 Å². The molecule has 0 radical (unpaired) electrons. The van der Waals surface area contributed by atoms with E-state index in [9.17, 15) is 9.18 Å². The molecule has 25 heavy (non-hydrogen) atoms. The fourth-order valence-corrected chi connectivity index (χ4v) is 3.74. The standard InChI is InChI=1S/C19H22ClFN2O2/c1-2-8-22-9-4-3-5-17(22)19(24)23-10-11-25-18(13-23)14-6-7-16(21)15(20)12-14/h1,6-7,12,17-18H,3-5,8-11,13H2/t17-,18+/m0/s1. The molecule has 2 fully saturated rings. The van der Waals surface area contributed by atoms with Gasteiger partial charge in [0.1, 0.15) is 11.9 Å². The van der Waals surface area contributed by atoms with Crippen LogP contribution in [0.4, 0.5) is 4.39 Å². The first-order valence-corrected chi connectivity index (χ1v) is 9.01. The number of ether oxygens (including phenoxy) is 1. The third kappa shape index (κ3) is 4.14. The summed E-state index contributed by atoms with van der Waals surface area (Å²) in [6.07, 6.45) is 8.11. The molecule has 0 aliphatic carbocycles. The third-order valence-electron chi connectivity index (χ3n) is 4.89. The average molecular weight is 365 g/mol. The highest BCUT2D eigenvalue weighted by Crippen LogP contribution is 2.27. The lowest BCUT2D eigenvalue weighted by molar-refractivity contribution is -0.145. The molecule has 2 heterocycles. The SMILES string of the molecule is C#CCN1CCCC[C@H]1C(=O)N1CCO[C@@H](c2ccc(F)c(Cl)c2)C1. The maximum absolute atomic E-state index is 13.4. The highest BCUT2D eigenvalue weighted by molar-refractivity contribution is 6.30. The van der Waals surface area contributed by atoms with Gasteiger partial charge in [-0.3, -0.25) is 9.69 Å². The predicted octanol–water partition coefficient (Wildman–Crippen LogP) is 2.87. The van der Waals surface area contributed by atoms with Crippen molar-refractivity contribution in [1.82, 2.24) is 9.80 Å². The van der Waals surface area contributed by atoms with E-state index < -0.39 is 5.82 Å². The Labute approximate surface area is 152 Å². The van der Waals surface area contributed by atoms with Crippen LogP contribution in [0.1, 0.15) is 30.9 Å². The molecule has 2 aliphatic heterocycles. The molecule has 1 amide bonds. The number of carbonyl (C=O) groups is 1. The Morgan fingerprint density at radius 3 is 3.00 bits per heavy atom. The number of hydrogen-bond donors (Lipinski definition) is 0. The van der Waals surface area contributed by atoms with Crippen molar-refractivity contribution >= 4 is 17.5 Å². The van der Waals surface area contributed by atoms with Gasteiger partial charge in [0.2, 0.25) is 5.91 Å². The Morgan fingerprint density at radius 1 is 1.40 bits per heavy atom. The zero-order valence-electron chi connectivity index (χ0n) is 14.1. The number of nitrogens with zero attached hydrogens (tertiary/aromatic N) is 2. The molecule has 4 nitrogen and oxygen atoms in total. The Hall–Kier alpha value is -1.61. The van der Waals surface area contributed by atoms with Gasteiger partial charge >= 0.3 is 0 Å². The largest absolute Gasteiger partial charge is 0.370 e. The number of morpholine rings is 1. The highest BCUT2D eigenvalue weighted by Gasteiger charge is 2.34. The maximum atomic E-state index is 13.4. The molecular formula is C19H22ClFN2O2. The van der Waals surface area contributed by atoms with Crippen LogP contribution in [0.25, 0.3) is 0 Å². The van der Waals surface area contributed by atoms with E-state index >= 15 is 0 Å². The second-order valence-electron chi connectivity index (χ2n) is 6.50. The van der Waals surface area contributed by atoms with Gasteiger partial charge in [0.05, 0.1) is 30.8 Å². The predicted molar refractivity (Wildman–Crippen MR) is 94.7 cm³/mol. The van der Waals surface area contributed by atoms with Crippen molar-refractivity contribution in [3.63, 3.8) is 0 Å². The maximum Gasteiger partial charge on any atom is 0.240 e. The molecule has 1 aromatic carbocycles. The first kappa shape index (κ1) is 18.2. The fraction of sp³-hybridized carbons (Fsp3) is 0.526. The van der Waals surface area contributed by atoms with E-state index in [1.165, 1.54) is 6.07 Å². The number of terminal acetylenes is 1. The molecule has 0 bridgehead atoms. The molecule has 3 rings (SSSR count). The Balaban J connectivity index is 1.70. The Bertz CT molecular complexity index is 676. The van der Waals surface area contributed by atoms with E-state index in [-0.39, 0.29) is 23.1 Å². The number of amides is 1. The minimum absolute atomic E-state index is 0.0667. The van der Waals surface area contributed by atoms with Gasteiger partial charge in [0, 0.05) is 6.54 Å². The molecule has 0 saturated carbocycles. The van der Waals surface area contributed by atoms with Gasteiger partial charge in [-0.1, -0.05) is 30.0 Å². The van der Waals surface area contributed by atoms with Crippen LogP contribution >= 0.6 is 11.6 Å². The molecule has 6 heteroatoms. The van der Waals surface area contributed by atoms with Gasteiger partial charge in [-0.15, -0.1) is 6.42 Å². The van der Waals surface area contributed by atoms with E-state index in [0.29, 0.717) is 26.2 Å². The minimum Gasteiger partial charge on any atom is -0.370 e. The summed E-state index contributed by atoms with van der Waals surface area (Å²) >= 11 is 5.87. The second-order valence-corrected chi connectivity index (χ2v) is 6.91. The summed E-state index contributed by atoms with van der Waals surface area (Å²) in [6.45, 7) is 2.82. The van der Waals surface area contributed by atoms with Crippen molar-refractivity contribution in [1.29, 1.82) is 0 Å².